The van der Waals surface area contributed by atoms with Gasteiger partial charge in [0.25, 0.3) is 0 Å². The molecule has 0 aromatic heterocycles. The number of rotatable bonds is 4. The molecule has 1 unspecified atom stereocenters. The molecule has 0 spiro atoms. The van der Waals surface area contributed by atoms with E-state index in [2.05, 4.69) is 35.8 Å². The quantitative estimate of drug-likeness (QED) is 0.869. The zero-order valence-corrected chi connectivity index (χ0v) is 11.7. The van der Waals surface area contributed by atoms with E-state index in [4.69, 9.17) is 9.47 Å². The van der Waals surface area contributed by atoms with Gasteiger partial charge in [0.2, 0.25) is 0 Å². The topological polar surface area (TPSA) is 38.7 Å². The number of benzene rings is 1. The summed E-state index contributed by atoms with van der Waals surface area (Å²) in [6.07, 6.45) is 0.390. The minimum Gasteiger partial charge on any atom is -0.487 e. The number of para-hydroxylation sites is 1. The van der Waals surface area contributed by atoms with Crippen LogP contribution in [0.25, 0.3) is 0 Å². The van der Waals surface area contributed by atoms with E-state index in [0.717, 1.165) is 12.2 Å². The van der Waals surface area contributed by atoms with Gasteiger partial charge in [-0.05, 0) is 19.9 Å². The highest BCUT2D eigenvalue weighted by atomic mass is 79.9. The van der Waals surface area contributed by atoms with Crippen molar-refractivity contribution < 1.29 is 14.6 Å². The third kappa shape index (κ3) is 2.93. The lowest BCUT2D eigenvalue weighted by Gasteiger charge is -2.18. The molecule has 0 saturated carbocycles. The molecule has 17 heavy (non-hydrogen) atoms. The Morgan fingerprint density at radius 1 is 1.53 bits per heavy atom. The molecule has 3 nitrogen and oxygen atoms in total. The number of alkyl halides is 1. The van der Waals surface area contributed by atoms with Crippen LogP contribution in [0.4, 0.5) is 0 Å². The summed E-state index contributed by atoms with van der Waals surface area (Å²) in [5, 5.41) is 9.97. The summed E-state index contributed by atoms with van der Waals surface area (Å²) >= 11 is 3.21. The van der Waals surface area contributed by atoms with Gasteiger partial charge in [0.15, 0.2) is 11.5 Å². The molecule has 94 valence electrons. The molecule has 0 saturated heterocycles. The third-order valence-electron chi connectivity index (χ3n) is 2.66. The minimum absolute atomic E-state index is 0.171. The average Bonchev–Trinajstić information content (AvgIpc) is 2.60. The van der Waals surface area contributed by atoms with Crippen LogP contribution in [-0.4, -0.2) is 28.7 Å². The molecular formula is C13H17BrO3. The van der Waals surface area contributed by atoms with Gasteiger partial charge in [-0.3, -0.25) is 0 Å². The van der Waals surface area contributed by atoms with Crippen molar-refractivity contribution in [2.75, 3.05) is 11.9 Å². The summed E-state index contributed by atoms with van der Waals surface area (Å²) < 4.78 is 11.5. The standard InChI is InChI=1S/C13H17BrO3/c1-13(2)6-9-4-3-5-11(12(9)17-13)16-8-10(15)7-14/h3-5,10,15H,6-8H2,1-2H3. The SMILES string of the molecule is CC1(C)Cc2cccc(OCC(O)CBr)c2O1. The second-order valence-electron chi connectivity index (χ2n) is 4.90. The second kappa shape index (κ2) is 4.86. The Balaban J connectivity index is 2.13. The number of aliphatic hydroxyl groups excluding tert-OH is 1. The van der Waals surface area contributed by atoms with Crippen LogP contribution < -0.4 is 9.47 Å². The minimum atomic E-state index is -0.500. The number of aliphatic hydroxyl groups is 1. The summed E-state index contributed by atoms with van der Waals surface area (Å²) in [7, 11) is 0. The molecule has 2 rings (SSSR count). The second-order valence-corrected chi connectivity index (χ2v) is 5.55. The molecule has 1 atom stereocenters. The fourth-order valence-electron chi connectivity index (χ4n) is 1.93. The summed E-state index contributed by atoms with van der Waals surface area (Å²) in [6, 6.07) is 5.89. The average molecular weight is 301 g/mol. The van der Waals surface area contributed by atoms with Crippen molar-refractivity contribution in [2.24, 2.45) is 0 Å². The molecule has 1 aliphatic heterocycles. The highest BCUT2D eigenvalue weighted by Gasteiger charge is 2.32. The first-order valence-corrected chi connectivity index (χ1v) is 6.82. The van der Waals surface area contributed by atoms with Gasteiger partial charge in [-0.1, -0.05) is 28.1 Å². The Morgan fingerprint density at radius 2 is 2.29 bits per heavy atom. The number of hydrogen-bond donors (Lipinski definition) is 1. The Morgan fingerprint density at radius 3 is 3.00 bits per heavy atom. The Bertz CT molecular complexity index is 404. The molecule has 0 aliphatic carbocycles. The number of ether oxygens (including phenoxy) is 2. The van der Waals surface area contributed by atoms with Crippen LogP contribution in [0.5, 0.6) is 11.5 Å². The van der Waals surface area contributed by atoms with Crippen molar-refractivity contribution in [3.8, 4) is 11.5 Å². The van der Waals surface area contributed by atoms with Gasteiger partial charge in [-0.25, -0.2) is 0 Å². The fraction of sp³-hybridized carbons (Fsp3) is 0.538. The van der Waals surface area contributed by atoms with Gasteiger partial charge in [-0.2, -0.15) is 0 Å². The molecule has 1 heterocycles. The summed E-state index contributed by atoms with van der Waals surface area (Å²) in [5.41, 5.74) is 0.997. The van der Waals surface area contributed by atoms with Gasteiger partial charge in [-0.15, -0.1) is 0 Å². The van der Waals surface area contributed by atoms with Crippen LogP contribution in [0.3, 0.4) is 0 Å². The molecule has 4 heteroatoms. The smallest absolute Gasteiger partial charge is 0.165 e. The summed E-state index contributed by atoms with van der Waals surface area (Å²) in [5.74, 6) is 1.53. The predicted octanol–water partition coefficient (Wildman–Crippen LogP) is 2.53. The lowest BCUT2D eigenvalue weighted by Crippen LogP contribution is -2.25. The van der Waals surface area contributed by atoms with E-state index in [-0.39, 0.29) is 12.2 Å². The van der Waals surface area contributed by atoms with Crippen molar-refractivity contribution >= 4 is 15.9 Å². The van der Waals surface area contributed by atoms with E-state index in [9.17, 15) is 5.11 Å². The number of hydrogen-bond acceptors (Lipinski definition) is 3. The molecular weight excluding hydrogens is 284 g/mol. The Labute approximate surface area is 110 Å². The van der Waals surface area contributed by atoms with Gasteiger partial charge in [0.1, 0.15) is 12.2 Å². The van der Waals surface area contributed by atoms with Crippen molar-refractivity contribution in [2.45, 2.75) is 32.0 Å². The molecule has 0 fully saturated rings. The first kappa shape index (κ1) is 12.7. The summed E-state index contributed by atoms with van der Waals surface area (Å²) in [6.45, 7) is 4.39. The fourth-order valence-corrected chi connectivity index (χ4v) is 2.12. The van der Waals surface area contributed by atoms with Crippen LogP contribution >= 0.6 is 15.9 Å². The number of fused-ring (bicyclic) bond motifs is 1. The molecule has 1 aromatic rings. The van der Waals surface area contributed by atoms with E-state index in [0.29, 0.717) is 11.1 Å². The van der Waals surface area contributed by atoms with Crippen LogP contribution in [0.15, 0.2) is 18.2 Å². The van der Waals surface area contributed by atoms with Gasteiger partial charge < -0.3 is 14.6 Å². The maximum absolute atomic E-state index is 9.46. The number of halogens is 1. The molecule has 1 aromatic carbocycles. The Hall–Kier alpha value is -0.740. The van der Waals surface area contributed by atoms with E-state index < -0.39 is 6.10 Å². The van der Waals surface area contributed by atoms with Crippen LogP contribution in [0.1, 0.15) is 19.4 Å². The maximum Gasteiger partial charge on any atom is 0.165 e. The maximum atomic E-state index is 9.46. The van der Waals surface area contributed by atoms with Crippen LogP contribution in [0, 0.1) is 0 Å². The van der Waals surface area contributed by atoms with E-state index in [1.807, 2.05) is 12.1 Å². The van der Waals surface area contributed by atoms with Crippen molar-refractivity contribution in [1.82, 2.24) is 0 Å². The highest BCUT2D eigenvalue weighted by Crippen LogP contribution is 2.41. The van der Waals surface area contributed by atoms with Crippen molar-refractivity contribution in [3.05, 3.63) is 23.8 Å². The predicted molar refractivity (Wildman–Crippen MR) is 70.1 cm³/mol. The Kier molecular flexibility index (Phi) is 3.64. The van der Waals surface area contributed by atoms with E-state index in [1.165, 1.54) is 5.56 Å². The highest BCUT2D eigenvalue weighted by molar-refractivity contribution is 9.09. The van der Waals surface area contributed by atoms with E-state index >= 15 is 0 Å². The van der Waals surface area contributed by atoms with Crippen molar-refractivity contribution in [1.29, 1.82) is 0 Å². The van der Waals surface area contributed by atoms with Crippen LogP contribution in [-0.2, 0) is 6.42 Å². The first-order chi connectivity index (χ1) is 8.02. The van der Waals surface area contributed by atoms with Gasteiger partial charge in [0.05, 0.1) is 6.10 Å². The van der Waals surface area contributed by atoms with Gasteiger partial charge >= 0.3 is 0 Å². The summed E-state index contributed by atoms with van der Waals surface area (Å²) in [4.78, 5) is 0. The van der Waals surface area contributed by atoms with Gasteiger partial charge in [0, 0.05) is 17.3 Å². The molecule has 1 N–H and O–H groups in total. The van der Waals surface area contributed by atoms with Crippen molar-refractivity contribution in [3.63, 3.8) is 0 Å². The van der Waals surface area contributed by atoms with E-state index in [1.54, 1.807) is 0 Å². The lowest BCUT2D eigenvalue weighted by molar-refractivity contribution is 0.111. The molecule has 0 bridgehead atoms. The lowest BCUT2D eigenvalue weighted by atomic mass is 10.0. The third-order valence-corrected chi connectivity index (χ3v) is 3.41. The first-order valence-electron chi connectivity index (χ1n) is 5.69. The molecule has 1 aliphatic rings. The largest absolute Gasteiger partial charge is 0.487 e. The monoisotopic (exact) mass is 300 g/mol. The molecule has 0 amide bonds. The normalized spacial score (nSPS) is 18.4. The van der Waals surface area contributed by atoms with Crippen LogP contribution in [0.2, 0.25) is 0 Å². The molecule has 0 radical (unpaired) electrons. The zero-order valence-electron chi connectivity index (χ0n) is 10.1. The zero-order chi connectivity index (χ0) is 12.5.